The van der Waals surface area contributed by atoms with Gasteiger partial charge in [-0.15, -0.1) is 0 Å². The lowest BCUT2D eigenvalue weighted by molar-refractivity contribution is -0.163. The molecule has 1 aliphatic rings. The molecular weight excluding hydrogens is 333 g/mol. The highest BCUT2D eigenvalue weighted by atomic mass is 79.9. The fraction of sp³-hybridized carbons (Fsp3) is 0.308. The number of fused-ring (bicyclic) bond motifs is 1. The molecule has 2 rings (SSSR count). The van der Waals surface area contributed by atoms with Crippen LogP contribution in [0.3, 0.4) is 0 Å². The molecule has 0 aromatic heterocycles. The summed E-state index contributed by atoms with van der Waals surface area (Å²) in [6, 6.07) is 5.94. The number of methoxy groups -OCH3 is 1. The van der Waals surface area contributed by atoms with Crippen LogP contribution < -0.4 is 0 Å². The molecule has 0 aliphatic carbocycles. The van der Waals surface area contributed by atoms with Gasteiger partial charge < -0.3 is 4.74 Å². The summed E-state index contributed by atoms with van der Waals surface area (Å²) in [5.74, 6) is -5.92. The van der Waals surface area contributed by atoms with Gasteiger partial charge in [0.2, 0.25) is 0 Å². The van der Waals surface area contributed by atoms with Gasteiger partial charge >= 0.3 is 11.8 Å². The molecule has 7 heteroatoms. The van der Waals surface area contributed by atoms with Crippen LogP contribution in [0.1, 0.15) is 27.6 Å². The molecule has 5 nitrogen and oxygen atoms in total. The first-order valence-corrected chi connectivity index (χ1v) is 6.66. The van der Waals surface area contributed by atoms with E-state index in [4.69, 9.17) is 0 Å². The second kappa shape index (κ2) is 4.97. The zero-order valence-corrected chi connectivity index (χ0v) is 12.3. The maximum Gasteiger partial charge on any atom is 0.366 e. The monoisotopic (exact) mass is 343 g/mol. The topological polar surface area (TPSA) is 63.7 Å². The Bertz CT molecular complexity index is 569. The number of carbonyl (C=O) groups is 3. The number of benzene rings is 1. The van der Waals surface area contributed by atoms with E-state index in [-0.39, 0.29) is 11.1 Å². The molecule has 0 N–H and O–H groups in total. The summed E-state index contributed by atoms with van der Waals surface area (Å²) in [7, 11) is 0.990. The Morgan fingerprint density at radius 2 is 1.75 bits per heavy atom. The smallest absolute Gasteiger partial charge is 0.366 e. The number of amides is 2. The van der Waals surface area contributed by atoms with Crippen LogP contribution >= 0.6 is 15.9 Å². The maximum atomic E-state index is 15.0. The van der Waals surface area contributed by atoms with Crippen LogP contribution in [0.5, 0.6) is 0 Å². The van der Waals surface area contributed by atoms with Crippen molar-refractivity contribution in [2.45, 2.75) is 17.5 Å². The fourth-order valence-electron chi connectivity index (χ4n) is 2.06. The summed E-state index contributed by atoms with van der Waals surface area (Å²) in [5.41, 5.74) is 0.133. The number of esters is 1. The fourth-order valence-corrected chi connectivity index (χ4v) is 2.45. The highest BCUT2D eigenvalue weighted by Gasteiger charge is 2.58. The van der Waals surface area contributed by atoms with E-state index in [0.717, 1.165) is 7.11 Å². The molecule has 0 saturated heterocycles. The lowest BCUT2D eigenvalue weighted by Crippen LogP contribution is -2.59. The second-order valence-corrected chi connectivity index (χ2v) is 5.65. The Balaban J connectivity index is 2.56. The molecule has 0 bridgehead atoms. The Kier molecular flexibility index (Phi) is 3.64. The third-order valence-electron chi connectivity index (χ3n) is 3.12. The van der Waals surface area contributed by atoms with E-state index >= 15 is 4.39 Å². The van der Waals surface area contributed by atoms with Crippen LogP contribution in [-0.4, -0.2) is 40.4 Å². The van der Waals surface area contributed by atoms with Crippen LogP contribution in [0.4, 0.5) is 4.39 Å². The van der Waals surface area contributed by atoms with Crippen molar-refractivity contribution in [1.29, 1.82) is 0 Å². The van der Waals surface area contributed by atoms with Crippen molar-refractivity contribution >= 4 is 33.7 Å². The number of ether oxygens (including phenoxy) is 1. The van der Waals surface area contributed by atoms with Gasteiger partial charge in [0.25, 0.3) is 11.8 Å². The Labute approximate surface area is 122 Å². The quantitative estimate of drug-likeness (QED) is 0.364. The number of rotatable bonds is 3. The lowest BCUT2D eigenvalue weighted by atomic mass is 10.1. The largest absolute Gasteiger partial charge is 0.465 e. The van der Waals surface area contributed by atoms with Crippen molar-refractivity contribution in [2.75, 3.05) is 7.11 Å². The number of halogens is 2. The van der Waals surface area contributed by atoms with Gasteiger partial charge in [-0.25, -0.2) is 14.1 Å². The van der Waals surface area contributed by atoms with E-state index in [1.165, 1.54) is 19.1 Å². The molecule has 2 amide bonds. The number of hydrogen-bond acceptors (Lipinski definition) is 4. The highest BCUT2D eigenvalue weighted by Crippen LogP contribution is 2.36. The molecule has 1 aromatic carbocycles. The van der Waals surface area contributed by atoms with Crippen molar-refractivity contribution in [2.24, 2.45) is 0 Å². The number of hydrogen-bond donors (Lipinski definition) is 0. The third-order valence-corrected chi connectivity index (χ3v) is 3.73. The molecule has 0 fully saturated rings. The van der Waals surface area contributed by atoms with Crippen LogP contribution in [0.25, 0.3) is 0 Å². The van der Waals surface area contributed by atoms with Crippen molar-refractivity contribution < 1.29 is 23.5 Å². The minimum atomic E-state index is -2.90. The molecule has 106 valence electrons. The summed E-state index contributed by atoms with van der Waals surface area (Å²) in [6.45, 7) is 1.32. The lowest BCUT2D eigenvalue weighted by Gasteiger charge is -2.32. The predicted molar refractivity (Wildman–Crippen MR) is 71.2 cm³/mol. The maximum absolute atomic E-state index is 15.0. The summed E-state index contributed by atoms with van der Waals surface area (Å²) in [4.78, 5) is 35.3. The van der Waals surface area contributed by atoms with Crippen LogP contribution in [-0.2, 0) is 9.53 Å². The molecule has 20 heavy (non-hydrogen) atoms. The summed E-state index contributed by atoms with van der Waals surface area (Å²) >= 11 is 2.93. The van der Waals surface area contributed by atoms with Gasteiger partial charge in [0.1, 0.15) is 0 Å². The van der Waals surface area contributed by atoms with Crippen molar-refractivity contribution in [3.63, 3.8) is 0 Å². The molecule has 0 unspecified atom stereocenters. The zero-order chi connectivity index (χ0) is 15.1. The average molecular weight is 344 g/mol. The van der Waals surface area contributed by atoms with Gasteiger partial charge in [-0.1, -0.05) is 28.1 Å². The van der Waals surface area contributed by atoms with Crippen LogP contribution in [0.15, 0.2) is 24.3 Å². The van der Waals surface area contributed by atoms with Gasteiger partial charge in [-0.05, 0) is 19.1 Å². The van der Waals surface area contributed by atoms with Crippen molar-refractivity contribution in [3.05, 3.63) is 35.4 Å². The number of imide groups is 1. The first-order valence-electron chi connectivity index (χ1n) is 5.75. The van der Waals surface area contributed by atoms with E-state index in [2.05, 4.69) is 20.7 Å². The molecule has 0 radical (unpaired) electrons. The molecule has 1 heterocycles. The van der Waals surface area contributed by atoms with Gasteiger partial charge in [-0.2, -0.15) is 0 Å². The van der Waals surface area contributed by atoms with E-state index in [9.17, 15) is 14.4 Å². The molecule has 1 aromatic rings. The average Bonchev–Trinajstić information content (AvgIpc) is 2.70. The van der Waals surface area contributed by atoms with Crippen molar-refractivity contribution in [3.8, 4) is 0 Å². The molecule has 0 spiro atoms. The molecule has 1 aliphatic heterocycles. The molecular formula is C13H11BrFNO4. The Morgan fingerprint density at radius 1 is 1.30 bits per heavy atom. The molecule has 2 atom stereocenters. The summed E-state index contributed by atoms with van der Waals surface area (Å²) in [6.07, 6.45) is 0. The SMILES string of the molecule is COC(=O)[C@](F)([C@@H](C)Br)N1C(=O)c2ccccc2C1=O. The Morgan fingerprint density at radius 3 is 2.10 bits per heavy atom. The van der Waals surface area contributed by atoms with E-state index in [1.807, 2.05) is 0 Å². The predicted octanol–water partition coefficient (Wildman–Crippen LogP) is 1.90. The Hall–Kier alpha value is -1.76. The van der Waals surface area contributed by atoms with Gasteiger partial charge in [-0.3, -0.25) is 9.59 Å². The highest BCUT2D eigenvalue weighted by molar-refractivity contribution is 9.09. The van der Waals surface area contributed by atoms with E-state index in [1.54, 1.807) is 12.1 Å². The summed E-state index contributed by atoms with van der Waals surface area (Å²) < 4.78 is 19.4. The van der Waals surface area contributed by atoms with Crippen LogP contribution in [0.2, 0.25) is 0 Å². The zero-order valence-electron chi connectivity index (χ0n) is 10.7. The van der Waals surface area contributed by atoms with Gasteiger partial charge in [0.15, 0.2) is 0 Å². The minimum Gasteiger partial charge on any atom is -0.465 e. The third kappa shape index (κ3) is 1.84. The van der Waals surface area contributed by atoms with Crippen LogP contribution in [0, 0.1) is 0 Å². The normalized spacial score (nSPS) is 18.5. The first kappa shape index (κ1) is 14.6. The van der Waals surface area contributed by atoms with Crippen molar-refractivity contribution in [1.82, 2.24) is 4.90 Å². The first-order chi connectivity index (χ1) is 9.35. The number of alkyl halides is 2. The second-order valence-electron chi connectivity index (χ2n) is 4.27. The van der Waals surface area contributed by atoms with Gasteiger partial charge in [0.05, 0.1) is 23.1 Å². The van der Waals surface area contributed by atoms with E-state index in [0.29, 0.717) is 4.90 Å². The van der Waals surface area contributed by atoms with E-state index < -0.39 is 28.4 Å². The summed E-state index contributed by atoms with van der Waals surface area (Å²) in [5, 5.41) is 0. The van der Waals surface area contributed by atoms with Gasteiger partial charge in [0, 0.05) is 0 Å². The molecule has 0 saturated carbocycles. The number of carbonyl (C=O) groups excluding carboxylic acids is 3. The minimum absolute atomic E-state index is 0.0663. The number of nitrogens with zero attached hydrogens (tertiary/aromatic N) is 1. The standard InChI is InChI=1S/C13H11BrFNO4/c1-7(14)13(15,12(19)20-2)16-10(17)8-5-3-4-6-9(8)11(16)18/h3-7H,1-2H3/t7-,13+/m1/s1.